The van der Waals surface area contributed by atoms with E-state index in [9.17, 15) is 4.79 Å². The molecule has 176 valence electrons. The van der Waals surface area contributed by atoms with Gasteiger partial charge in [0.25, 0.3) is 5.91 Å². The lowest BCUT2D eigenvalue weighted by atomic mass is 10.0. The van der Waals surface area contributed by atoms with Crippen molar-refractivity contribution in [1.29, 1.82) is 0 Å². The first-order valence-corrected chi connectivity index (χ1v) is 12.5. The van der Waals surface area contributed by atoms with E-state index in [1.54, 1.807) is 18.0 Å². The van der Waals surface area contributed by atoms with E-state index >= 15 is 0 Å². The first-order chi connectivity index (χ1) is 16.0. The summed E-state index contributed by atoms with van der Waals surface area (Å²) in [5.74, 6) is -0.156. The summed E-state index contributed by atoms with van der Waals surface area (Å²) in [6.45, 7) is 9.86. The number of hydrogen-bond acceptors (Lipinski definition) is 3. The number of nitrogens with zero attached hydrogens (tertiary/aromatic N) is 1. The fourth-order valence-electron chi connectivity index (χ4n) is 2.96. The summed E-state index contributed by atoms with van der Waals surface area (Å²) in [5, 5.41) is 3.71. The van der Waals surface area contributed by atoms with E-state index in [2.05, 4.69) is 23.2 Å². The molecule has 1 aliphatic carbocycles. The van der Waals surface area contributed by atoms with Crippen LogP contribution in [0.3, 0.4) is 0 Å². The number of aliphatic imine (C=N–C) groups is 1. The topological polar surface area (TPSA) is 41.5 Å². The molecular weight excluding hydrogens is 448 g/mol. The van der Waals surface area contributed by atoms with E-state index in [0.717, 1.165) is 22.5 Å². The maximum absolute atomic E-state index is 12.7. The number of carbonyl (C=O) groups excluding carboxylic acids is 1. The van der Waals surface area contributed by atoms with Crippen molar-refractivity contribution in [2.24, 2.45) is 4.99 Å². The van der Waals surface area contributed by atoms with Crippen LogP contribution >= 0.6 is 23.4 Å². The Morgan fingerprint density at radius 3 is 2.27 bits per heavy atom. The Balaban J connectivity index is 0.00000242. The molecule has 1 N–H and O–H groups in total. The summed E-state index contributed by atoms with van der Waals surface area (Å²) in [6, 6.07) is 7.59. The molecular formula is C28H35ClN2OS. The highest BCUT2D eigenvalue weighted by Gasteiger charge is 2.17. The lowest BCUT2D eigenvalue weighted by Crippen LogP contribution is -2.23. The van der Waals surface area contributed by atoms with Crippen LogP contribution in [-0.4, -0.2) is 23.6 Å². The number of allylic oxidation sites excluding steroid dienone is 7. The smallest absolute Gasteiger partial charge is 0.255 e. The Hall–Kier alpha value is -2.74. The zero-order valence-electron chi connectivity index (χ0n) is 20.4. The van der Waals surface area contributed by atoms with Gasteiger partial charge in [0.05, 0.1) is 10.9 Å². The standard InChI is InChI=1S/C24H27ClN2OS.C2H6.C2H2/c1-5-9-17(6-2)18-12-14-19(15-13-18)24(28)27-20-10-8-11-22(29-4)23(26-7-3)21(25)16-20;2*1-2/h5-15,22H,16H2,1-4H3,(H,27,28);1-2H3;1-2H/b9-5-,11-8?,17-6+,20-10+,23-21-,26-7?;;. The molecule has 0 aliphatic heterocycles. The molecule has 0 saturated heterocycles. The molecule has 33 heavy (non-hydrogen) atoms. The highest BCUT2D eigenvalue weighted by molar-refractivity contribution is 7.99. The van der Waals surface area contributed by atoms with E-state index in [4.69, 9.17) is 11.6 Å². The molecule has 1 atom stereocenters. The number of carbonyl (C=O) groups is 1. The molecule has 1 amide bonds. The number of thioether (sulfide) groups is 1. The molecule has 0 bridgehead atoms. The predicted molar refractivity (Wildman–Crippen MR) is 150 cm³/mol. The minimum atomic E-state index is -0.156. The quantitative estimate of drug-likeness (QED) is 0.255. The molecule has 0 heterocycles. The number of amides is 1. The van der Waals surface area contributed by atoms with Crippen LogP contribution < -0.4 is 5.32 Å². The molecule has 1 unspecified atom stereocenters. The number of hydrogen-bond donors (Lipinski definition) is 1. The lowest BCUT2D eigenvalue weighted by molar-refractivity contribution is 0.0965. The van der Waals surface area contributed by atoms with Gasteiger partial charge in [-0.3, -0.25) is 9.79 Å². The minimum Gasteiger partial charge on any atom is -0.325 e. The molecule has 1 aromatic carbocycles. The van der Waals surface area contributed by atoms with Gasteiger partial charge in [-0.25, -0.2) is 0 Å². The third-order valence-corrected chi connectivity index (χ3v) is 5.63. The Labute approximate surface area is 209 Å². The maximum atomic E-state index is 12.7. The van der Waals surface area contributed by atoms with E-state index in [0.29, 0.717) is 17.0 Å². The summed E-state index contributed by atoms with van der Waals surface area (Å²) in [4.78, 5) is 17.2. The van der Waals surface area contributed by atoms with Gasteiger partial charge < -0.3 is 5.32 Å². The average molecular weight is 483 g/mol. The van der Waals surface area contributed by atoms with Gasteiger partial charge in [-0.05, 0) is 56.4 Å². The van der Waals surface area contributed by atoms with Crippen molar-refractivity contribution in [3.63, 3.8) is 0 Å². The van der Waals surface area contributed by atoms with Crippen LogP contribution in [0.1, 0.15) is 57.0 Å². The van der Waals surface area contributed by atoms with Gasteiger partial charge in [-0.15, -0.1) is 12.8 Å². The van der Waals surface area contributed by atoms with Crippen LogP contribution in [0.5, 0.6) is 0 Å². The fraction of sp³-hybridized carbons (Fsp3) is 0.286. The Kier molecular flexibility index (Phi) is 16.3. The highest BCUT2D eigenvalue weighted by atomic mass is 35.5. The largest absolute Gasteiger partial charge is 0.325 e. The molecule has 0 fully saturated rings. The summed E-state index contributed by atoms with van der Waals surface area (Å²) in [7, 11) is 0. The van der Waals surface area contributed by atoms with Crippen molar-refractivity contribution in [2.75, 3.05) is 6.26 Å². The Morgan fingerprint density at radius 1 is 1.15 bits per heavy atom. The van der Waals surface area contributed by atoms with Crippen LogP contribution in [0, 0.1) is 12.8 Å². The van der Waals surface area contributed by atoms with Crippen LogP contribution in [0.2, 0.25) is 0 Å². The first kappa shape index (κ1) is 30.3. The molecule has 3 nitrogen and oxygen atoms in total. The lowest BCUT2D eigenvalue weighted by Gasteiger charge is -2.17. The molecule has 0 radical (unpaired) electrons. The summed E-state index contributed by atoms with van der Waals surface area (Å²) in [5.41, 5.74) is 4.37. The van der Waals surface area contributed by atoms with Crippen molar-refractivity contribution in [2.45, 2.75) is 46.3 Å². The molecule has 0 spiro atoms. The second-order valence-corrected chi connectivity index (χ2v) is 7.80. The summed E-state index contributed by atoms with van der Waals surface area (Å²) < 4.78 is 0. The Morgan fingerprint density at radius 2 is 1.76 bits per heavy atom. The average Bonchev–Trinajstić information content (AvgIpc) is 2.85. The van der Waals surface area contributed by atoms with Gasteiger partial charge in [0, 0.05) is 28.9 Å². The zero-order valence-corrected chi connectivity index (χ0v) is 22.0. The highest BCUT2D eigenvalue weighted by Crippen LogP contribution is 2.29. The van der Waals surface area contributed by atoms with Gasteiger partial charge in [-0.2, -0.15) is 11.8 Å². The van der Waals surface area contributed by atoms with Crippen molar-refractivity contribution in [3.05, 3.63) is 88.3 Å². The number of halogens is 1. The summed E-state index contributed by atoms with van der Waals surface area (Å²) in [6.07, 6.45) is 24.2. The molecule has 0 saturated carbocycles. The summed E-state index contributed by atoms with van der Waals surface area (Å²) >= 11 is 8.22. The normalized spacial score (nSPS) is 20.0. The van der Waals surface area contributed by atoms with Crippen LogP contribution in [0.4, 0.5) is 0 Å². The number of benzene rings is 1. The van der Waals surface area contributed by atoms with Crippen molar-refractivity contribution in [1.82, 2.24) is 5.32 Å². The third-order valence-electron chi connectivity index (χ3n) is 4.41. The van der Waals surface area contributed by atoms with Crippen LogP contribution in [-0.2, 0) is 0 Å². The fourth-order valence-corrected chi connectivity index (χ4v) is 4.01. The molecule has 5 heteroatoms. The van der Waals surface area contributed by atoms with Crippen LogP contribution in [0.15, 0.2) is 82.1 Å². The number of rotatable bonds is 6. The van der Waals surface area contributed by atoms with Crippen molar-refractivity contribution in [3.8, 4) is 12.8 Å². The van der Waals surface area contributed by atoms with Gasteiger partial charge in [-0.1, -0.05) is 68.0 Å². The SMILES string of the molecule is C#C.CC.CC=N/C1=C(\Cl)C/C(NC(=O)c2ccc(C(/C=C\C)=C/C)cc2)=C\C=CC1SC. The molecule has 0 aromatic heterocycles. The molecule has 1 aromatic rings. The van der Waals surface area contributed by atoms with E-state index in [1.807, 2.05) is 102 Å². The predicted octanol–water partition coefficient (Wildman–Crippen LogP) is 7.79. The van der Waals surface area contributed by atoms with E-state index in [-0.39, 0.29) is 11.2 Å². The monoisotopic (exact) mass is 482 g/mol. The molecule has 2 rings (SSSR count). The van der Waals surface area contributed by atoms with Gasteiger partial charge in [0.2, 0.25) is 0 Å². The second-order valence-electron chi connectivity index (χ2n) is 6.36. The van der Waals surface area contributed by atoms with Gasteiger partial charge in [0.1, 0.15) is 0 Å². The number of nitrogens with one attached hydrogen (secondary N) is 1. The second kappa shape index (κ2) is 17.8. The van der Waals surface area contributed by atoms with Gasteiger partial charge >= 0.3 is 0 Å². The van der Waals surface area contributed by atoms with E-state index < -0.39 is 0 Å². The first-order valence-electron chi connectivity index (χ1n) is 10.9. The number of terminal acetylenes is 1. The van der Waals surface area contributed by atoms with Crippen molar-refractivity contribution >= 4 is 41.1 Å². The van der Waals surface area contributed by atoms with E-state index in [1.165, 1.54) is 0 Å². The van der Waals surface area contributed by atoms with Gasteiger partial charge in [0.15, 0.2) is 0 Å². The zero-order chi connectivity index (χ0) is 25.2. The third kappa shape index (κ3) is 9.74. The van der Waals surface area contributed by atoms with Crippen LogP contribution in [0.25, 0.3) is 5.57 Å². The van der Waals surface area contributed by atoms with Crippen molar-refractivity contribution < 1.29 is 4.79 Å². The minimum absolute atomic E-state index is 0.0951. The maximum Gasteiger partial charge on any atom is 0.255 e. The Bertz CT molecular complexity index is 948. The molecule has 1 aliphatic rings.